The van der Waals surface area contributed by atoms with Gasteiger partial charge in [0, 0.05) is 0 Å². The largest absolute Gasteiger partial charge is 0.497 e. The third-order valence-corrected chi connectivity index (χ3v) is 3.76. The average Bonchev–Trinajstić information content (AvgIpc) is 2.44. The van der Waals surface area contributed by atoms with Gasteiger partial charge in [-0.3, -0.25) is 10.0 Å². The van der Waals surface area contributed by atoms with Crippen molar-refractivity contribution in [3.8, 4) is 5.75 Å². The van der Waals surface area contributed by atoms with Crippen molar-refractivity contribution in [1.29, 1.82) is 0 Å². The van der Waals surface area contributed by atoms with Crippen molar-refractivity contribution in [3.05, 3.63) is 24.3 Å². The molecule has 1 amide bonds. The van der Waals surface area contributed by atoms with E-state index in [2.05, 4.69) is 0 Å². The normalized spacial score (nSPS) is 12.8. The molecule has 4 N–H and O–H groups in total. The lowest BCUT2D eigenvalue weighted by atomic mass is 10.3. The number of sulfonamides is 1. The highest BCUT2D eigenvalue weighted by Gasteiger charge is 2.24. The van der Waals surface area contributed by atoms with Gasteiger partial charge in [0.05, 0.1) is 18.6 Å². The monoisotopic (exact) mass is 290 g/mol. The van der Waals surface area contributed by atoms with Gasteiger partial charge in [0.15, 0.2) is 0 Å². The van der Waals surface area contributed by atoms with Gasteiger partial charge >= 0.3 is 0 Å². The maximum Gasteiger partial charge on any atom is 0.263 e. The Balaban J connectivity index is 2.93. The van der Waals surface area contributed by atoms with Crippen LogP contribution < -0.4 is 14.9 Å². The summed E-state index contributed by atoms with van der Waals surface area (Å²) in [5.74, 6) is -0.578. The third-order valence-electron chi connectivity index (χ3n) is 2.28. The van der Waals surface area contributed by atoms with Gasteiger partial charge in [0.2, 0.25) is 10.0 Å². The Hall–Kier alpha value is -1.68. The van der Waals surface area contributed by atoms with Crippen LogP contribution in [0.15, 0.2) is 29.2 Å². The summed E-state index contributed by atoms with van der Waals surface area (Å²) >= 11 is 0. The van der Waals surface area contributed by atoms with Crippen molar-refractivity contribution in [2.24, 2.45) is 0 Å². The number of nitrogens with one attached hydrogen (secondary N) is 2. The Bertz CT molecular complexity index is 527. The summed E-state index contributed by atoms with van der Waals surface area (Å²) in [6.07, 6.45) is 0. The predicted octanol–water partition coefficient (Wildman–Crippen LogP) is -1.16. The second-order valence-corrected chi connectivity index (χ2v) is 5.22. The zero-order valence-electron chi connectivity index (χ0n) is 10.0. The number of hydroxylamine groups is 1. The highest BCUT2D eigenvalue weighted by molar-refractivity contribution is 7.89. The number of carbonyl (C=O) groups is 1. The molecule has 0 fully saturated rings. The first kappa shape index (κ1) is 15.4. The number of methoxy groups -OCH3 is 1. The fourth-order valence-corrected chi connectivity index (χ4v) is 2.45. The second-order valence-electron chi connectivity index (χ2n) is 3.51. The van der Waals surface area contributed by atoms with E-state index in [0.29, 0.717) is 5.75 Å². The van der Waals surface area contributed by atoms with Gasteiger partial charge in [0.25, 0.3) is 5.91 Å². The van der Waals surface area contributed by atoms with Gasteiger partial charge in [0.1, 0.15) is 11.8 Å². The molecular weight excluding hydrogens is 276 g/mol. The first-order chi connectivity index (χ1) is 8.94. The molecule has 0 aliphatic carbocycles. The van der Waals surface area contributed by atoms with Crippen molar-refractivity contribution < 1.29 is 28.3 Å². The second kappa shape index (κ2) is 6.48. The molecular formula is C10H14N2O6S. The van der Waals surface area contributed by atoms with E-state index in [4.69, 9.17) is 15.1 Å². The lowest BCUT2D eigenvalue weighted by molar-refractivity contribution is -0.131. The molecule has 0 spiro atoms. The molecule has 8 nitrogen and oxygen atoms in total. The quantitative estimate of drug-likeness (QED) is 0.387. The van der Waals surface area contributed by atoms with Crippen LogP contribution in [-0.2, 0) is 14.8 Å². The standard InChI is InChI=1S/C10H14N2O6S/c1-18-7-2-4-8(5-3-7)19(16,17)12-9(6-13)10(14)11-15/h2-5,9,12-13,15H,6H2,1H3,(H,11,14). The molecule has 0 saturated heterocycles. The summed E-state index contributed by atoms with van der Waals surface area (Å²) in [7, 11) is -2.55. The molecule has 19 heavy (non-hydrogen) atoms. The number of amides is 1. The predicted molar refractivity (Wildman–Crippen MR) is 64.1 cm³/mol. The van der Waals surface area contributed by atoms with Crippen LogP contribution in [-0.4, -0.2) is 44.4 Å². The van der Waals surface area contributed by atoms with Gasteiger partial charge in [-0.25, -0.2) is 13.9 Å². The minimum Gasteiger partial charge on any atom is -0.497 e. The highest BCUT2D eigenvalue weighted by Crippen LogP contribution is 2.15. The number of hydrogen-bond acceptors (Lipinski definition) is 6. The third kappa shape index (κ3) is 3.89. The first-order valence-corrected chi connectivity index (χ1v) is 6.64. The number of ether oxygens (including phenoxy) is 1. The molecule has 1 rings (SSSR count). The fourth-order valence-electron chi connectivity index (χ4n) is 1.26. The lowest BCUT2D eigenvalue weighted by Crippen LogP contribution is -2.47. The summed E-state index contributed by atoms with van der Waals surface area (Å²) in [5, 5.41) is 17.3. The molecule has 9 heteroatoms. The van der Waals surface area contributed by atoms with Gasteiger partial charge in [-0.15, -0.1) is 0 Å². The van der Waals surface area contributed by atoms with Crippen LogP contribution in [0.5, 0.6) is 5.75 Å². The first-order valence-electron chi connectivity index (χ1n) is 5.15. The lowest BCUT2D eigenvalue weighted by Gasteiger charge is -2.14. The van der Waals surface area contributed by atoms with Crippen LogP contribution in [0.25, 0.3) is 0 Å². The molecule has 1 atom stereocenters. The Morgan fingerprint density at radius 2 is 1.95 bits per heavy atom. The van der Waals surface area contributed by atoms with Crippen molar-refractivity contribution >= 4 is 15.9 Å². The van der Waals surface area contributed by atoms with Crippen molar-refractivity contribution in [2.75, 3.05) is 13.7 Å². The van der Waals surface area contributed by atoms with Crippen LogP contribution in [0, 0.1) is 0 Å². The van der Waals surface area contributed by atoms with Gasteiger partial charge < -0.3 is 9.84 Å². The van der Waals surface area contributed by atoms with Crippen LogP contribution >= 0.6 is 0 Å². The van der Waals surface area contributed by atoms with E-state index in [1.165, 1.54) is 36.9 Å². The molecule has 106 valence electrons. The van der Waals surface area contributed by atoms with Crippen LogP contribution in [0.1, 0.15) is 0 Å². The number of carbonyl (C=O) groups excluding carboxylic acids is 1. The number of aliphatic hydroxyl groups excluding tert-OH is 1. The number of rotatable bonds is 6. The van der Waals surface area contributed by atoms with Crippen molar-refractivity contribution in [1.82, 2.24) is 10.2 Å². The van der Waals surface area contributed by atoms with E-state index >= 15 is 0 Å². The summed E-state index contributed by atoms with van der Waals surface area (Å²) in [4.78, 5) is 11.0. The molecule has 0 aliphatic rings. The van der Waals surface area contributed by atoms with E-state index in [0.717, 1.165) is 0 Å². The van der Waals surface area contributed by atoms with E-state index in [-0.39, 0.29) is 4.90 Å². The smallest absolute Gasteiger partial charge is 0.263 e. The molecule has 1 aromatic rings. The minimum atomic E-state index is -3.99. The fraction of sp³-hybridized carbons (Fsp3) is 0.300. The van der Waals surface area contributed by atoms with Crippen molar-refractivity contribution in [3.63, 3.8) is 0 Å². The average molecular weight is 290 g/mol. The van der Waals surface area contributed by atoms with Gasteiger partial charge in [-0.05, 0) is 24.3 Å². The molecule has 0 heterocycles. The summed E-state index contributed by atoms with van der Waals surface area (Å²) < 4.78 is 30.6. The van der Waals surface area contributed by atoms with Crippen LogP contribution in [0.2, 0.25) is 0 Å². The SMILES string of the molecule is COc1ccc(S(=O)(=O)NC(CO)C(=O)NO)cc1. The topological polar surface area (TPSA) is 125 Å². The van der Waals surface area contributed by atoms with E-state index in [9.17, 15) is 13.2 Å². The molecule has 0 saturated carbocycles. The molecule has 0 aliphatic heterocycles. The number of benzene rings is 1. The molecule has 0 radical (unpaired) electrons. The van der Waals surface area contributed by atoms with Crippen molar-refractivity contribution in [2.45, 2.75) is 10.9 Å². The zero-order valence-corrected chi connectivity index (χ0v) is 10.8. The summed E-state index contributed by atoms with van der Waals surface area (Å²) in [6, 6.07) is 3.97. The maximum atomic E-state index is 11.9. The van der Waals surface area contributed by atoms with Crippen LogP contribution in [0.3, 0.4) is 0 Å². The Morgan fingerprint density at radius 1 is 1.37 bits per heavy atom. The van der Waals surface area contributed by atoms with E-state index in [1.54, 1.807) is 0 Å². The summed E-state index contributed by atoms with van der Waals surface area (Å²) in [5.41, 5.74) is 1.26. The number of hydrogen-bond donors (Lipinski definition) is 4. The van der Waals surface area contributed by atoms with Gasteiger partial charge in [-0.1, -0.05) is 0 Å². The molecule has 0 bridgehead atoms. The number of aliphatic hydroxyl groups is 1. The highest BCUT2D eigenvalue weighted by atomic mass is 32.2. The molecule has 0 aromatic heterocycles. The molecule has 1 aromatic carbocycles. The van der Waals surface area contributed by atoms with E-state index in [1.807, 2.05) is 4.72 Å². The Labute approximate surface area is 110 Å². The maximum absolute atomic E-state index is 11.9. The Kier molecular flexibility index (Phi) is 5.24. The van der Waals surface area contributed by atoms with Crippen LogP contribution in [0.4, 0.5) is 0 Å². The molecule has 1 unspecified atom stereocenters. The zero-order chi connectivity index (χ0) is 14.5. The van der Waals surface area contributed by atoms with Gasteiger partial charge in [-0.2, -0.15) is 4.72 Å². The Morgan fingerprint density at radius 3 is 2.37 bits per heavy atom. The minimum absolute atomic E-state index is 0.0995. The summed E-state index contributed by atoms with van der Waals surface area (Å²) in [6.45, 7) is -0.790. The van der Waals surface area contributed by atoms with E-state index < -0.39 is 28.6 Å².